The number of carbonyl (C=O) groups is 1. The monoisotopic (exact) mass is 479 g/mol. The number of thiazole rings is 1. The van der Waals surface area contributed by atoms with Crippen molar-refractivity contribution >= 4 is 34.1 Å². The number of nitrogens with zero attached hydrogens (tertiary/aromatic N) is 4. The normalized spacial score (nSPS) is 10.8. The molecule has 0 saturated carbocycles. The van der Waals surface area contributed by atoms with Gasteiger partial charge >= 0.3 is 0 Å². The first-order valence-electron chi connectivity index (χ1n) is 10.7. The summed E-state index contributed by atoms with van der Waals surface area (Å²) in [5.74, 6) is 1.67. The standard InChI is InChI=1S/C24H25N5O2S2/c1-3-4-14-31-19-12-10-18(11-13-19)22-27-28-24(29(22)2)33-16-21(30)26-23-25-20(15-32-23)17-8-6-5-7-9-17/h5-13,15H,3-4,14,16H2,1-2H3,(H,25,26,30). The fraction of sp³-hybridized carbons (Fsp3) is 0.250. The molecule has 33 heavy (non-hydrogen) atoms. The minimum Gasteiger partial charge on any atom is -0.494 e. The summed E-state index contributed by atoms with van der Waals surface area (Å²) in [4.78, 5) is 16.9. The second-order valence-corrected chi connectivity index (χ2v) is 9.13. The van der Waals surface area contributed by atoms with Gasteiger partial charge in [0.15, 0.2) is 16.1 Å². The van der Waals surface area contributed by atoms with Gasteiger partial charge in [0.05, 0.1) is 18.1 Å². The average molecular weight is 480 g/mol. The van der Waals surface area contributed by atoms with Crippen LogP contribution in [0.15, 0.2) is 65.1 Å². The van der Waals surface area contributed by atoms with E-state index in [0.717, 1.165) is 47.8 Å². The number of ether oxygens (including phenoxy) is 1. The molecular weight excluding hydrogens is 454 g/mol. The number of rotatable bonds is 10. The van der Waals surface area contributed by atoms with Gasteiger partial charge in [0.1, 0.15) is 5.75 Å². The van der Waals surface area contributed by atoms with Gasteiger partial charge in [0.25, 0.3) is 0 Å². The highest BCUT2D eigenvalue weighted by molar-refractivity contribution is 7.99. The number of anilines is 1. The maximum Gasteiger partial charge on any atom is 0.236 e. The molecule has 1 N–H and O–H groups in total. The van der Waals surface area contributed by atoms with Gasteiger partial charge in [-0.05, 0) is 30.7 Å². The van der Waals surface area contributed by atoms with Crippen molar-refractivity contribution in [2.24, 2.45) is 7.05 Å². The number of hydrogen-bond acceptors (Lipinski definition) is 7. The summed E-state index contributed by atoms with van der Waals surface area (Å²) in [5.41, 5.74) is 2.82. The largest absolute Gasteiger partial charge is 0.494 e. The molecule has 0 aliphatic carbocycles. The van der Waals surface area contributed by atoms with Gasteiger partial charge in [-0.1, -0.05) is 55.4 Å². The zero-order valence-corrected chi connectivity index (χ0v) is 20.2. The summed E-state index contributed by atoms with van der Waals surface area (Å²) in [6.45, 7) is 2.86. The number of hydrogen-bond donors (Lipinski definition) is 1. The van der Waals surface area contributed by atoms with Gasteiger partial charge in [0, 0.05) is 23.6 Å². The lowest BCUT2D eigenvalue weighted by Crippen LogP contribution is -2.14. The maximum atomic E-state index is 12.4. The second kappa shape index (κ2) is 11.1. The molecule has 0 aliphatic rings. The fourth-order valence-electron chi connectivity index (χ4n) is 3.08. The van der Waals surface area contributed by atoms with E-state index >= 15 is 0 Å². The Labute approximate surface area is 201 Å². The predicted molar refractivity (Wildman–Crippen MR) is 134 cm³/mol. The summed E-state index contributed by atoms with van der Waals surface area (Å²) in [7, 11) is 1.90. The number of amides is 1. The van der Waals surface area contributed by atoms with Crippen molar-refractivity contribution in [1.29, 1.82) is 0 Å². The third-order valence-corrected chi connectivity index (χ3v) is 6.64. The van der Waals surface area contributed by atoms with Crippen molar-refractivity contribution < 1.29 is 9.53 Å². The van der Waals surface area contributed by atoms with Crippen LogP contribution in [-0.4, -0.2) is 38.0 Å². The Hall–Kier alpha value is -3.17. The maximum absolute atomic E-state index is 12.4. The van der Waals surface area contributed by atoms with Crippen LogP contribution in [0, 0.1) is 0 Å². The minimum absolute atomic E-state index is 0.132. The van der Waals surface area contributed by atoms with Gasteiger partial charge in [-0.25, -0.2) is 4.98 Å². The summed E-state index contributed by atoms with van der Waals surface area (Å²) in [6, 6.07) is 17.7. The second-order valence-electron chi connectivity index (χ2n) is 7.33. The molecule has 0 spiro atoms. The summed E-state index contributed by atoms with van der Waals surface area (Å²) in [5, 5.41) is 14.6. The summed E-state index contributed by atoms with van der Waals surface area (Å²) in [6.07, 6.45) is 2.14. The van der Waals surface area contributed by atoms with Gasteiger partial charge in [-0.15, -0.1) is 21.5 Å². The molecule has 0 aliphatic heterocycles. The van der Waals surface area contributed by atoms with Crippen molar-refractivity contribution in [3.05, 3.63) is 60.0 Å². The lowest BCUT2D eigenvalue weighted by Gasteiger charge is -2.07. The zero-order valence-electron chi connectivity index (χ0n) is 18.5. The van der Waals surface area contributed by atoms with E-state index in [9.17, 15) is 4.79 Å². The van der Waals surface area contributed by atoms with Crippen LogP contribution in [0.25, 0.3) is 22.6 Å². The fourth-order valence-corrected chi connectivity index (χ4v) is 4.53. The highest BCUT2D eigenvalue weighted by Crippen LogP contribution is 2.26. The topological polar surface area (TPSA) is 81.9 Å². The Kier molecular flexibility index (Phi) is 7.74. The summed E-state index contributed by atoms with van der Waals surface area (Å²) >= 11 is 2.75. The molecule has 7 nitrogen and oxygen atoms in total. The van der Waals surface area contributed by atoms with Crippen LogP contribution in [0.1, 0.15) is 19.8 Å². The Morgan fingerprint density at radius 2 is 1.88 bits per heavy atom. The van der Waals surface area contributed by atoms with Crippen LogP contribution in [0.3, 0.4) is 0 Å². The molecule has 0 unspecified atom stereocenters. The molecule has 1 amide bonds. The van der Waals surface area contributed by atoms with Crippen molar-refractivity contribution in [2.75, 3.05) is 17.7 Å². The molecule has 9 heteroatoms. The molecule has 2 heterocycles. The van der Waals surface area contributed by atoms with Gasteiger partial charge < -0.3 is 14.6 Å². The first-order valence-corrected chi connectivity index (χ1v) is 12.6. The Morgan fingerprint density at radius 1 is 1.09 bits per heavy atom. The molecule has 0 atom stereocenters. The van der Waals surface area contributed by atoms with E-state index in [1.165, 1.54) is 23.1 Å². The van der Waals surface area contributed by atoms with E-state index in [1.54, 1.807) is 0 Å². The van der Waals surface area contributed by atoms with Gasteiger partial charge in [-0.2, -0.15) is 0 Å². The highest BCUT2D eigenvalue weighted by Gasteiger charge is 2.14. The van der Waals surface area contributed by atoms with Gasteiger partial charge in [-0.3, -0.25) is 4.79 Å². The van der Waals surface area contributed by atoms with Crippen LogP contribution >= 0.6 is 23.1 Å². The van der Waals surface area contributed by atoms with Crippen LogP contribution in [0.2, 0.25) is 0 Å². The quantitative estimate of drug-likeness (QED) is 0.238. The first kappa shape index (κ1) is 23.0. The van der Waals surface area contributed by atoms with Crippen LogP contribution in [-0.2, 0) is 11.8 Å². The van der Waals surface area contributed by atoms with E-state index in [1.807, 2.05) is 71.6 Å². The van der Waals surface area contributed by atoms with Crippen molar-refractivity contribution in [3.8, 4) is 28.4 Å². The Bertz CT molecular complexity index is 1190. The van der Waals surface area contributed by atoms with E-state index in [4.69, 9.17) is 4.74 Å². The van der Waals surface area contributed by atoms with Crippen LogP contribution < -0.4 is 10.1 Å². The van der Waals surface area contributed by atoms with Crippen LogP contribution in [0.4, 0.5) is 5.13 Å². The molecule has 4 rings (SSSR count). The first-order chi connectivity index (χ1) is 16.1. The predicted octanol–water partition coefficient (Wildman–Crippen LogP) is 5.52. The average Bonchev–Trinajstić information content (AvgIpc) is 3.45. The highest BCUT2D eigenvalue weighted by atomic mass is 32.2. The SMILES string of the molecule is CCCCOc1ccc(-c2nnc(SCC(=O)Nc3nc(-c4ccccc4)cs3)n2C)cc1. The number of nitrogens with one attached hydrogen (secondary N) is 1. The van der Waals surface area contributed by atoms with Crippen molar-refractivity contribution in [3.63, 3.8) is 0 Å². The minimum atomic E-state index is -0.132. The number of unbranched alkanes of at least 4 members (excludes halogenated alkanes) is 1. The smallest absolute Gasteiger partial charge is 0.236 e. The van der Waals surface area contributed by atoms with Crippen molar-refractivity contribution in [2.45, 2.75) is 24.9 Å². The van der Waals surface area contributed by atoms with Gasteiger partial charge in [0.2, 0.25) is 5.91 Å². The molecule has 170 valence electrons. The molecule has 0 fully saturated rings. The van der Waals surface area contributed by atoms with E-state index < -0.39 is 0 Å². The van der Waals surface area contributed by atoms with Crippen LogP contribution in [0.5, 0.6) is 5.75 Å². The number of carbonyl (C=O) groups excluding carboxylic acids is 1. The summed E-state index contributed by atoms with van der Waals surface area (Å²) < 4.78 is 7.61. The molecule has 0 bridgehead atoms. The number of aromatic nitrogens is 4. The molecule has 2 aromatic carbocycles. The Balaban J connectivity index is 1.32. The zero-order chi connectivity index (χ0) is 23.0. The third-order valence-electron chi connectivity index (χ3n) is 4.87. The van der Waals surface area contributed by atoms with E-state index in [0.29, 0.717) is 10.3 Å². The van der Waals surface area contributed by atoms with E-state index in [2.05, 4.69) is 27.4 Å². The third kappa shape index (κ3) is 6.00. The molecule has 2 aromatic heterocycles. The Morgan fingerprint density at radius 3 is 2.64 bits per heavy atom. The molecule has 0 saturated heterocycles. The van der Waals surface area contributed by atoms with E-state index in [-0.39, 0.29) is 11.7 Å². The lowest BCUT2D eigenvalue weighted by atomic mass is 10.2. The van der Waals surface area contributed by atoms with Crippen molar-refractivity contribution in [1.82, 2.24) is 19.7 Å². The molecular formula is C24H25N5O2S2. The number of thioether (sulfide) groups is 1. The molecule has 0 radical (unpaired) electrons. The lowest BCUT2D eigenvalue weighted by molar-refractivity contribution is -0.113. The number of benzene rings is 2. The molecule has 4 aromatic rings.